The van der Waals surface area contributed by atoms with E-state index in [1.54, 1.807) is 0 Å². The molecular formula is C14H22N2O2. The fraction of sp³-hybridized carbons (Fsp3) is 0.571. The average molecular weight is 250 g/mol. The molecule has 4 heteroatoms. The third kappa shape index (κ3) is 3.22. The van der Waals surface area contributed by atoms with Crippen LogP contribution in [-0.4, -0.2) is 19.3 Å². The molecule has 3 N–H and O–H groups in total. The highest BCUT2D eigenvalue weighted by Gasteiger charge is 2.23. The molecule has 0 bridgehead atoms. The number of hydrogen-bond acceptors (Lipinski definition) is 4. The van der Waals surface area contributed by atoms with E-state index in [1.165, 1.54) is 0 Å². The molecule has 0 spiro atoms. The van der Waals surface area contributed by atoms with E-state index in [-0.39, 0.29) is 6.04 Å². The van der Waals surface area contributed by atoms with E-state index in [1.807, 2.05) is 25.1 Å². The Labute approximate surface area is 108 Å². The first-order chi connectivity index (χ1) is 8.85. The Hall–Kier alpha value is -1.10. The molecule has 1 aromatic rings. The third-order valence-electron chi connectivity index (χ3n) is 3.32. The number of para-hydroxylation sites is 1. The van der Waals surface area contributed by atoms with E-state index in [9.17, 15) is 0 Å². The van der Waals surface area contributed by atoms with Crippen molar-refractivity contribution in [1.29, 1.82) is 0 Å². The molecule has 1 aliphatic heterocycles. The van der Waals surface area contributed by atoms with Gasteiger partial charge in [0.05, 0.1) is 18.8 Å². The van der Waals surface area contributed by atoms with Crippen molar-refractivity contribution in [3.05, 3.63) is 29.8 Å². The third-order valence-corrected chi connectivity index (χ3v) is 3.32. The van der Waals surface area contributed by atoms with Crippen molar-refractivity contribution in [3.8, 4) is 5.75 Å². The Kier molecular flexibility index (Phi) is 4.99. The zero-order valence-electron chi connectivity index (χ0n) is 10.9. The Morgan fingerprint density at radius 2 is 2.33 bits per heavy atom. The van der Waals surface area contributed by atoms with Crippen LogP contribution in [0.5, 0.6) is 5.75 Å². The van der Waals surface area contributed by atoms with Crippen LogP contribution in [0.15, 0.2) is 24.3 Å². The smallest absolute Gasteiger partial charge is 0.124 e. The summed E-state index contributed by atoms with van der Waals surface area (Å²) in [5.74, 6) is 6.59. The second kappa shape index (κ2) is 6.73. The van der Waals surface area contributed by atoms with Gasteiger partial charge in [-0.15, -0.1) is 0 Å². The van der Waals surface area contributed by atoms with Crippen molar-refractivity contribution in [2.24, 2.45) is 5.84 Å². The minimum atomic E-state index is 0.0795. The quantitative estimate of drug-likeness (QED) is 0.600. The molecule has 0 amide bonds. The second-order valence-corrected chi connectivity index (χ2v) is 4.56. The fourth-order valence-corrected chi connectivity index (χ4v) is 2.43. The maximum atomic E-state index is 5.69. The Balaban J connectivity index is 2.10. The van der Waals surface area contributed by atoms with Crippen LogP contribution in [0.3, 0.4) is 0 Å². The highest BCUT2D eigenvalue weighted by Crippen LogP contribution is 2.30. The summed E-state index contributed by atoms with van der Waals surface area (Å²) in [6, 6.07) is 8.12. The SMILES string of the molecule is CCOc1ccccc1C(CC1CCCO1)NN. The van der Waals surface area contributed by atoms with Gasteiger partial charge in [0.2, 0.25) is 0 Å². The summed E-state index contributed by atoms with van der Waals surface area (Å²) in [6.45, 7) is 3.52. The van der Waals surface area contributed by atoms with Gasteiger partial charge in [-0.2, -0.15) is 0 Å². The van der Waals surface area contributed by atoms with Crippen molar-refractivity contribution >= 4 is 0 Å². The van der Waals surface area contributed by atoms with Gasteiger partial charge < -0.3 is 9.47 Å². The number of hydrazine groups is 1. The molecule has 0 aliphatic carbocycles. The van der Waals surface area contributed by atoms with Crippen LogP contribution in [0, 0.1) is 0 Å². The summed E-state index contributed by atoms with van der Waals surface area (Å²) in [4.78, 5) is 0. The normalized spacial score (nSPS) is 20.9. The number of nitrogens with one attached hydrogen (secondary N) is 1. The van der Waals surface area contributed by atoms with Gasteiger partial charge >= 0.3 is 0 Å². The van der Waals surface area contributed by atoms with Crippen molar-refractivity contribution in [1.82, 2.24) is 5.43 Å². The molecule has 1 fully saturated rings. The number of rotatable bonds is 6. The molecule has 2 atom stereocenters. The highest BCUT2D eigenvalue weighted by molar-refractivity contribution is 5.36. The predicted octanol–water partition coefficient (Wildman–Crippen LogP) is 2.16. The van der Waals surface area contributed by atoms with Crippen molar-refractivity contribution in [2.45, 2.75) is 38.3 Å². The van der Waals surface area contributed by atoms with E-state index in [4.69, 9.17) is 15.3 Å². The monoisotopic (exact) mass is 250 g/mol. The van der Waals surface area contributed by atoms with Crippen LogP contribution in [0.4, 0.5) is 0 Å². The van der Waals surface area contributed by atoms with Crippen molar-refractivity contribution in [2.75, 3.05) is 13.2 Å². The predicted molar refractivity (Wildman–Crippen MR) is 71.3 cm³/mol. The van der Waals surface area contributed by atoms with Crippen molar-refractivity contribution in [3.63, 3.8) is 0 Å². The summed E-state index contributed by atoms with van der Waals surface area (Å²) in [5.41, 5.74) is 3.99. The van der Waals surface area contributed by atoms with Gasteiger partial charge in [-0.3, -0.25) is 11.3 Å². The molecule has 1 saturated heterocycles. The van der Waals surface area contributed by atoms with Crippen LogP contribution in [-0.2, 0) is 4.74 Å². The zero-order valence-corrected chi connectivity index (χ0v) is 10.9. The molecule has 0 saturated carbocycles. The molecule has 2 unspecified atom stereocenters. The zero-order chi connectivity index (χ0) is 12.8. The first-order valence-electron chi connectivity index (χ1n) is 6.64. The van der Waals surface area contributed by atoms with Crippen LogP contribution in [0.25, 0.3) is 0 Å². The first-order valence-corrected chi connectivity index (χ1v) is 6.64. The van der Waals surface area contributed by atoms with Crippen LogP contribution >= 0.6 is 0 Å². The molecule has 1 aliphatic rings. The van der Waals surface area contributed by atoms with Crippen LogP contribution in [0.2, 0.25) is 0 Å². The summed E-state index contributed by atoms with van der Waals surface area (Å²) in [7, 11) is 0. The molecule has 4 nitrogen and oxygen atoms in total. The summed E-state index contributed by atoms with van der Waals surface area (Å²) < 4.78 is 11.3. The van der Waals surface area contributed by atoms with Crippen LogP contribution in [0.1, 0.15) is 37.8 Å². The minimum Gasteiger partial charge on any atom is -0.494 e. The van der Waals surface area contributed by atoms with Gasteiger partial charge in [0, 0.05) is 12.2 Å². The summed E-state index contributed by atoms with van der Waals surface area (Å²) in [5, 5.41) is 0. The van der Waals surface area contributed by atoms with Gasteiger partial charge in [-0.05, 0) is 32.3 Å². The molecular weight excluding hydrogens is 228 g/mol. The first kappa shape index (κ1) is 13.3. The Morgan fingerprint density at radius 1 is 1.50 bits per heavy atom. The molecule has 1 aromatic carbocycles. The molecule has 0 radical (unpaired) electrons. The van der Waals surface area contributed by atoms with E-state index in [0.717, 1.165) is 37.2 Å². The van der Waals surface area contributed by atoms with Gasteiger partial charge in [0.1, 0.15) is 5.75 Å². The number of nitrogens with two attached hydrogens (primary N) is 1. The highest BCUT2D eigenvalue weighted by atomic mass is 16.5. The van der Waals surface area contributed by atoms with Gasteiger partial charge in [-0.1, -0.05) is 18.2 Å². The minimum absolute atomic E-state index is 0.0795. The number of hydrogen-bond donors (Lipinski definition) is 2. The Bertz CT molecular complexity index is 365. The van der Waals surface area contributed by atoms with Crippen LogP contribution < -0.4 is 16.0 Å². The van der Waals surface area contributed by atoms with E-state index in [0.29, 0.717) is 12.7 Å². The maximum absolute atomic E-state index is 5.69. The van der Waals surface area contributed by atoms with Crippen molar-refractivity contribution < 1.29 is 9.47 Å². The largest absolute Gasteiger partial charge is 0.494 e. The molecule has 18 heavy (non-hydrogen) atoms. The standard InChI is InChI=1S/C14H22N2O2/c1-2-17-14-8-4-3-7-12(14)13(16-15)10-11-6-5-9-18-11/h3-4,7-8,11,13,16H,2,5-6,9-10,15H2,1H3. The topological polar surface area (TPSA) is 56.5 Å². The molecule has 100 valence electrons. The fourth-order valence-electron chi connectivity index (χ4n) is 2.43. The molecule has 2 rings (SSSR count). The maximum Gasteiger partial charge on any atom is 0.124 e. The summed E-state index contributed by atoms with van der Waals surface area (Å²) in [6.07, 6.45) is 3.46. The Morgan fingerprint density at radius 3 is 3.00 bits per heavy atom. The summed E-state index contributed by atoms with van der Waals surface area (Å²) >= 11 is 0. The van der Waals surface area contributed by atoms with Gasteiger partial charge in [0.25, 0.3) is 0 Å². The second-order valence-electron chi connectivity index (χ2n) is 4.56. The average Bonchev–Trinajstić information content (AvgIpc) is 2.90. The number of benzene rings is 1. The molecule has 1 heterocycles. The molecule has 0 aromatic heterocycles. The van der Waals surface area contributed by atoms with E-state index < -0.39 is 0 Å². The lowest BCUT2D eigenvalue weighted by Crippen LogP contribution is -2.31. The lowest BCUT2D eigenvalue weighted by molar-refractivity contribution is 0.0942. The lowest BCUT2D eigenvalue weighted by Gasteiger charge is -2.22. The van der Waals surface area contributed by atoms with E-state index >= 15 is 0 Å². The van der Waals surface area contributed by atoms with E-state index in [2.05, 4.69) is 11.5 Å². The van der Waals surface area contributed by atoms with Gasteiger partial charge in [-0.25, -0.2) is 0 Å². The lowest BCUT2D eigenvalue weighted by atomic mass is 9.99. The number of ether oxygens (including phenoxy) is 2. The van der Waals surface area contributed by atoms with Gasteiger partial charge in [0.15, 0.2) is 0 Å².